The highest BCUT2D eigenvalue weighted by Gasteiger charge is 2.30. The number of aromatic nitrogens is 2. The second-order valence-electron chi connectivity index (χ2n) is 5.72. The molecule has 1 amide bonds. The zero-order valence-corrected chi connectivity index (χ0v) is 15.8. The molecule has 5 nitrogen and oxygen atoms in total. The van der Waals surface area contributed by atoms with Gasteiger partial charge in [0.2, 0.25) is 5.91 Å². The van der Waals surface area contributed by atoms with Crippen molar-refractivity contribution in [2.24, 2.45) is 7.05 Å². The molecule has 0 spiro atoms. The van der Waals surface area contributed by atoms with Crippen LogP contribution >= 0.6 is 23.1 Å². The predicted molar refractivity (Wildman–Crippen MR) is 100 cm³/mol. The fourth-order valence-corrected chi connectivity index (χ4v) is 3.96. The number of fused-ring (bicyclic) bond motifs is 1. The number of rotatable bonds is 4. The fraction of sp³-hybridized carbons (Fsp3) is 0.235. The van der Waals surface area contributed by atoms with Crippen LogP contribution in [0, 0.1) is 0 Å². The Balaban J connectivity index is 1.73. The van der Waals surface area contributed by atoms with E-state index >= 15 is 0 Å². The van der Waals surface area contributed by atoms with Gasteiger partial charge >= 0.3 is 6.18 Å². The van der Waals surface area contributed by atoms with E-state index < -0.39 is 22.9 Å². The molecule has 3 rings (SSSR count). The average Bonchev–Trinajstić information content (AvgIpc) is 3.07. The molecule has 0 aliphatic rings. The number of hydrogen-bond donors (Lipinski definition) is 1. The summed E-state index contributed by atoms with van der Waals surface area (Å²) in [6, 6.07) is 5.91. The Hall–Kier alpha value is -2.33. The van der Waals surface area contributed by atoms with Crippen LogP contribution in [0.4, 0.5) is 18.9 Å². The molecule has 0 radical (unpaired) electrons. The summed E-state index contributed by atoms with van der Waals surface area (Å²) in [5.41, 5.74) is -0.721. The minimum atomic E-state index is -4.43. The molecule has 0 aliphatic heterocycles. The predicted octanol–water partition coefficient (Wildman–Crippen LogP) is 4.13. The first-order chi connectivity index (χ1) is 12.7. The molecule has 2 aromatic heterocycles. The number of amides is 1. The van der Waals surface area contributed by atoms with E-state index in [1.54, 1.807) is 25.4 Å². The lowest BCUT2D eigenvalue weighted by Gasteiger charge is -2.14. The first-order valence-corrected chi connectivity index (χ1v) is 9.52. The maximum Gasteiger partial charge on any atom is 0.416 e. The number of thioether (sulfide) groups is 1. The van der Waals surface area contributed by atoms with Crippen molar-refractivity contribution in [2.75, 3.05) is 5.32 Å². The molecule has 0 aliphatic carbocycles. The molecule has 1 N–H and O–H groups in total. The SMILES string of the molecule is CC(Sc1nc2sccc2c(=O)n1C)C(=O)Nc1ccc(C(F)(F)F)cc1. The standard InChI is InChI=1S/C17H14F3N3O2S2/c1-9(13(24)21-11-5-3-10(4-6-11)17(18,19)20)27-16-22-14-12(7-8-26-14)15(25)23(16)2/h3-9H,1-2H3,(H,21,24). The van der Waals surface area contributed by atoms with Crippen molar-refractivity contribution in [3.05, 3.63) is 51.6 Å². The van der Waals surface area contributed by atoms with Crippen LogP contribution in [0.2, 0.25) is 0 Å². The Morgan fingerprint density at radius 1 is 1.26 bits per heavy atom. The van der Waals surface area contributed by atoms with E-state index in [2.05, 4.69) is 10.3 Å². The van der Waals surface area contributed by atoms with Crippen molar-refractivity contribution >= 4 is 44.9 Å². The van der Waals surface area contributed by atoms with E-state index in [4.69, 9.17) is 0 Å². The number of thiophene rings is 1. The van der Waals surface area contributed by atoms with Gasteiger partial charge < -0.3 is 5.32 Å². The van der Waals surface area contributed by atoms with Gasteiger partial charge in [0.1, 0.15) is 4.83 Å². The molecule has 2 heterocycles. The van der Waals surface area contributed by atoms with E-state index in [-0.39, 0.29) is 11.2 Å². The molecule has 1 aromatic carbocycles. The Kier molecular flexibility index (Phi) is 5.29. The lowest BCUT2D eigenvalue weighted by molar-refractivity contribution is -0.137. The molecule has 1 atom stereocenters. The minimum Gasteiger partial charge on any atom is -0.325 e. The Morgan fingerprint density at radius 3 is 2.56 bits per heavy atom. The molecule has 27 heavy (non-hydrogen) atoms. The third-order valence-electron chi connectivity index (χ3n) is 3.80. The maximum atomic E-state index is 12.6. The normalized spacial score (nSPS) is 12.9. The number of nitrogens with zero attached hydrogens (tertiary/aromatic N) is 2. The van der Waals surface area contributed by atoms with Gasteiger partial charge in [-0.15, -0.1) is 11.3 Å². The summed E-state index contributed by atoms with van der Waals surface area (Å²) in [6.07, 6.45) is -4.43. The van der Waals surface area contributed by atoms with Gasteiger partial charge in [-0.3, -0.25) is 14.2 Å². The maximum absolute atomic E-state index is 12.6. The van der Waals surface area contributed by atoms with Gasteiger partial charge in [-0.1, -0.05) is 11.8 Å². The fourth-order valence-electron chi connectivity index (χ4n) is 2.28. The topological polar surface area (TPSA) is 64.0 Å². The highest BCUT2D eigenvalue weighted by atomic mass is 32.2. The van der Waals surface area contributed by atoms with E-state index in [1.807, 2.05) is 0 Å². The van der Waals surface area contributed by atoms with Gasteiger partial charge in [-0.05, 0) is 42.6 Å². The second-order valence-corrected chi connectivity index (χ2v) is 7.92. The van der Waals surface area contributed by atoms with E-state index in [1.165, 1.54) is 28.0 Å². The minimum absolute atomic E-state index is 0.195. The number of carbonyl (C=O) groups is 1. The zero-order chi connectivity index (χ0) is 19.8. The van der Waals surface area contributed by atoms with Gasteiger partial charge in [0.15, 0.2) is 5.16 Å². The number of carbonyl (C=O) groups excluding carboxylic acids is 1. The molecule has 142 valence electrons. The summed E-state index contributed by atoms with van der Waals surface area (Å²) in [4.78, 5) is 29.6. The summed E-state index contributed by atoms with van der Waals surface area (Å²) < 4.78 is 39.1. The van der Waals surface area contributed by atoms with Crippen LogP contribution in [0.3, 0.4) is 0 Å². The van der Waals surface area contributed by atoms with Gasteiger partial charge in [-0.25, -0.2) is 4.98 Å². The van der Waals surface area contributed by atoms with Crippen LogP contribution < -0.4 is 10.9 Å². The van der Waals surface area contributed by atoms with Crippen LogP contribution in [-0.2, 0) is 18.0 Å². The van der Waals surface area contributed by atoms with Crippen molar-refractivity contribution in [1.82, 2.24) is 9.55 Å². The quantitative estimate of drug-likeness (QED) is 0.516. The van der Waals surface area contributed by atoms with Gasteiger partial charge in [0.25, 0.3) is 5.56 Å². The third-order valence-corrected chi connectivity index (χ3v) is 5.75. The lowest BCUT2D eigenvalue weighted by atomic mass is 10.2. The average molecular weight is 413 g/mol. The molecule has 10 heteroatoms. The second kappa shape index (κ2) is 7.35. The first kappa shape index (κ1) is 19.4. The number of benzene rings is 1. The van der Waals surface area contributed by atoms with Crippen LogP contribution in [0.1, 0.15) is 12.5 Å². The molecular formula is C17H14F3N3O2S2. The number of hydrogen-bond acceptors (Lipinski definition) is 5. The smallest absolute Gasteiger partial charge is 0.325 e. The zero-order valence-electron chi connectivity index (χ0n) is 14.2. The Labute approximate surface area is 160 Å². The molecule has 0 bridgehead atoms. The highest BCUT2D eigenvalue weighted by Crippen LogP contribution is 2.30. The van der Waals surface area contributed by atoms with E-state index in [0.29, 0.717) is 15.4 Å². The Morgan fingerprint density at radius 2 is 1.93 bits per heavy atom. The van der Waals surface area contributed by atoms with Gasteiger partial charge in [0.05, 0.1) is 16.2 Å². The third kappa shape index (κ3) is 4.16. The monoisotopic (exact) mass is 413 g/mol. The largest absolute Gasteiger partial charge is 0.416 e. The van der Waals surface area contributed by atoms with Crippen LogP contribution in [0.25, 0.3) is 10.2 Å². The molecule has 0 saturated carbocycles. The van der Waals surface area contributed by atoms with E-state index in [0.717, 1.165) is 23.9 Å². The summed E-state index contributed by atoms with van der Waals surface area (Å²) >= 11 is 2.44. The lowest BCUT2D eigenvalue weighted by Crippen LogP contribution is -2.25. The Bertz CT molecular complexity index is 1040. The van der Waals surface area contributed by atoms with Crippen molar-refractivity contribution < 1.29 is 18.0 Å². The van der Waals surface area contributed by atoms with Gasteiger partial charge in [0, 0.05) is 12.7 Å². The molecule has 3 aromatic rings. The van der Waals surface area contributed by atoms with Crippen molar-refractivity contribution in [3.63, 3.8) is 0 Å². The van der Waals surface area contributed by atoms with Crippen LogP contribution in [0.15, 0.2) is 45.7 Å². The molecule has 1 unspecified atom stereocenters. The van der Waals surface area contributed by atoms with Crippen molar-refractivity contribution in [2.45, 2.75) is 23.5 Å². The number of halogens is 3. The van der Waals surface area contributed by atoms with Crippen LogP contribution in [-0.4, -0.2) is 20.7 Å². The summed E-state index contributed by atoms with van der Waals surface area (Å²) in [5, 5.41) is 4.65. The van der Waals surface area contributed by atoms with Gasteiger partial charge in [-0.2, -0.15) is 13.2 Å². The number of alkyl halides is 3. The first-order valence-electron chi connectivity index (χ1n) is 7.76. The van der Waals surface area contributed by atoms with Crippen molar-refractivity contribution in [1.29, 1.82) is 0 Å². The number of nitrogens with one attached hydrogen (secondary N) is 1. The molecular weight excluding hydrogens is 399 g/mol. The molecule has 0 saturated heterocycles. The van der Waals surface area contributed by atoms with Crippen molar-refractivity contribution in [3.8, 4) is 0 Å². The summed E-state index contributed by atoms with van der Waals surface area (Å²) in [7, 11) is 1.58. The highest BCUT2D eigenvalue weighted by molar-refractivity contribution is 8.00. The molecule has 0 fully saturated rings. The summed E-state index contributed by atoms with van der Waals surface area (Å²) in [6.45, 7) is 1.63. The van der Waals surface area contributed by atoms with Crippen LogP contribution in [0.5, 0.6) is 0 Å². The van der Waals surface area contributed by atoms with E-state index in [9.17, 15) is 22.8 Å². The summed E-state index contributed by atoms with van der Waals surface area (Å²) in [5.74, 6) is -0.403. The number of anilines is 1.